The highest BCUT2D eigenvalue weighted by Gasteiger charge is 2.28. The summed E-state index contributed by atoms with van der Waals surface area (Å²) >= 11 is 0. The summed E-state index contributed by atoms with van der Waals surface area (Å²) in [5.41, 5.74) is 1.14. The van der Waals surface area contributed by atoms with Gasteiger partial charge in [0.25, 0.3) is 0 Å². The highest BCUT2D eigenvalue weighted by atomic mass is 32.2. The molecule has 1 fully saturated rings. The van der Waals surface area contributed by atoms with Gasteiger partial charge in [-0.2, -0.15) is 9.57 Å². The van der Waals surface area contributed by atoms with E-state index in [4.69, 9.17) is 5.26 Å². The first kappa shape index (κ1) is 16.9. The Balaban J connectivity index is 2.04. The summed E-state index contributed by atoms with van der Waals surface area (Å²) in [4.78, 5) is 2.50. The molecule has 1 aromatic carbocycles. The van der Waals surface area contributed by atoms with E-state index >= 15 is 0 Å². The van der Waals surface area contributed by atoms with Gasteiger partial charge in [0.2, 0.25) is 10.0 Å². The third kappa shape index (κ3) is 3.86. The van der Waals surface area contributed by atoms with Crippen LogP contribution in [0.5, 0.6) is 0 Å². The van der Waals surface area contributed by atoms with Crippen molar-refractivity contribution in [2.45, 2.75) is 31.1 Å². The van der Waals surface area contributed by atoms with Gasteiger partial charge in [-0.15, -0.1) is 0 Å². The van der Waals surface area contributed by atoms with Crippen LogP contribution < -0.4 is 0 Å². The number of hydrogen-bond acceptors (Lipinski definition) is 4. The largest absolute Gasteiger partial charge is 0.300 e. The summed E-state index contributed by atoms with van der Waals surface area (Å²) in [5.74, 6) is 0.389. The van der Waals surface area contributed by atoms with Crippen LogP contribution in [-0.2, 0) is 10.0 Å². The topological polar surface area (TPSA) is 64.4 Å². The normalized spacial score (nSPS) is 17.5. The first-order valence-electron chi connectivity index (χ1n) is 7.64. The molecule has 6 heteroatoms. The van der Waals surface area contributed by atoms with Gasteiger partial charge in [0.1, 0.15) is 0 Å². The van der Waals surface area contributed by atoms with Gasteiger partial charge in [-0.05, 0) is 23.6 Å². The van der Waals surface area contributed by atoms with E-state index < -0.39 is 10.0 Å². The van der Waals surface area contributed by atoms with Crippen LogP contribution in [0.3, 0.4) is 0 Å². The van der Waals surface area contributed by atoms with E-state index in [1.54, 1.807) is 16.4 Å². The maximum Gasteiger partial charge on any atom is 0.243 e. The first-order chi connectivity index (χ1) is 10.4. The van der Waals surface area contributed by atoms with Crippen LogP contribution in [0.15, 0.2) is 29.2 Å². The summed E-state index contributed by atoms with van der Waals surface area (Å²) in [6, 6.07) is 9.30. The van der Waals surface area contributed by atoms with E-state index in [0.717, 1.165) is 5.56 Å². The van der Waals surface area contributed by atoms with Crippen molar-refractivity contribution >= 4 is 10.0 Å². The van der Waals surface area contributed by atoms with Crippen LogP contribution in [0.25, 0.3) is 0 Å². The van der Waals surface area contributed by atoms with Crippen LogP contribution in [0.2, 0.25) is 0 Å². The van der Waals surface area contributed by atoms with Crippen molar-refractivity contribution in [2.24, 2.45) is 0 Å². The van der Waals surface area contributed by atoms with Gasteiger partial charge in [-0.3, -0.25) is 4.90 Å². The van der Waals surface area contributed by atoms with Crippen molar-refractivity contribution in [3.63, 3.8) is 0 Å². The summed E-state index contributed by atoms with van der Waals surface area (Å²) in [5, 5.41) is 8.61. The third-order valence-corrected chi connectivity index (χ3v) is 5.97. The molecule has 120 valence electrons. The fourth-order valence-electron chi connectivity index (χ4n) is 2.58. The van der Waals surface area contributed by atoms with E-state index in [1.165, 1.54) is 0 Å². The molecule has 0 atom stereocenters. The molecular weight excluding hydrogens is 298 g/mol. The number of benzene rings is 1. The highest BCUT2D eigenvalue weighted by molar-refractivity contribution is 7.89. The van der Waals surface area contributed by atoms with Crippen molar-refractivity contribution in [3.8, 4) is 6.07 Å². The molecule has 0 bridgehead atoms. The van der Waals surface area contributed by atoms with Gasteiger partial charge in [0, 0.05) is 39.1 Å². The Morgan fingerprint density at radius 3 is 2.23 bits per heavy atom. The van der Waals surface area contributed by atoms with Crippen LogP contribution in [0.4, 0.5) is 0 Å². The zero-order chi connectivity index (χ0) is 16.2. The fourth-order valence-corrected chi connectivity index (χ4v) is 4.00. The molecule has 0 saturated carbocycles. The van der Waals surface area contributed by atoms with Crippen molar-refractivity contribution in [3.05, 3.63) is 29.8 Å². The molecule has 0 unspecified atom stereocenters. The SMILES string of the molecule is CC(C)c1ccc(S(=O)(=O)N2CCN(CCC#N)CC2)cc1. The molecule has 1 aliphatic rings. The zero-order valence-corrected chi connectivity index (χ0v) is 14.0. The molecule has 0 spiro atoms. The first-order valence-corrected chi connectivity index (χ1v) is 9.08. The second kappa shape index (κ2) is 7.23. The predicted molar refractivity (Wildman–Crippen MR) is 86.0 cm³/mol. The molecular formula is C16H23N3O2S. The van der Waals surface area contributed by atoms with Crippen molar-refractivity contribution in [1.82, 2.24) is 9.21 Å². The average molecular weight is 321 g/mol. The molecule has 22 heavy (non-hydrogen) atoms. The minimum absolute atomic E-state index is 0.363. The summed E-state index contributed by atoms with van der Waals surface area (Å²) in [7, 11) is -3.41. The number of sulfonamides is 1. The van der Waals surface area contributed by atoms with Gasteiger partial charge < -0.3 is 0 Å². The number of hydrogen-bond donors (Lipinski definition) is 0. The average Bonchev–Trinajstić information content (AvgIpc) is 2.53. The fraction of sp³-hybridized carbons (Fsp3) is 0.562. The van der Waals surface area contributed by atoms with Crippen LogP contribution >= 0.6 is 0 Å². The minimum Gasteiger partial charge on any atom is -0.300 e. The Kier molecular flexibility index (Phi) is 5.57. The van der Waals surface area contributed by atoms with E-state index in [9.17, 15) is 8.42 Å². The molecule has 1 aliphatic heterocycles. The monoisotopic (exact) mass is 321 g/mol. The molecule has 2 rings (SSSR count). The molecule has 0 amide bonds. The second-order valence-corrected chi connectivity index (χ2v) is 7.82. The number of piperazine rings is 1. The summed E-state index contributed by atoms with van der Waals surface area (Å²) in [6.07, 6.45) is 0.489. The molecule has 0 N–H and O–H groups in total. The van der Waals surface area contributed by atoms with E-state index in [0.29, 0.717) is 50.0 Å². The Morgan fingerprint density at radius 1 is 1.14 bits per heavy atom. The third-order valence-electron chi connectivity index (χ3n) is 4.06. The maximum absolute atomic E-state index is 12.6. The molecule has 1 aromatic rings. The van der Waals surface area contributed by atoms with Gasteiger partial charge in [-0.1, -0.05) is 26.0 Å². The summed E-state index contributed by atoms with van der Waals surface area (Å²) < 4.78 is 26.8. The Labute approximate surface area is 133 Å². The molecule has 5 nitrogen and oxygen atoms in total. The molecule has 1 saturated heterocycles. The Bertz CT molecular complexity index is 624. The smallest absolute Gasteiger partial charge is 0.243 e. The lowest BCUT2D eigenvalue weighted by molar-refractivity contribution is 0.191. The quantitative estimate of drug-likeness (QED) is 0.832. The molecule has 0 aromatic heterocycles. The van der Waals surface area contributed by atoms with Gasteiger partial charge >= 0.3 is 0 Å². The van der Waals surface area contributed by atoms with Crippen molar-refractivity contribution in [2.75, 3.05) is 32.7 Å². The van der Waals surface area contributed by atoms with Crippen LogP contribution in [0, 0.1) is 11.3 Å². The van der Waals surface area contributed by atoms with Crippen molar-refractivity contribution < 1.29 is 8.42 Å². The molecule has 1 heterocycles. The lowest BCUT2D eigenvalue weighted by Crippen LogP contribution is -2.48. The summed E-state index contributed by atoms with van der Waals surface area (Å²) in [6.45, 7) is 7.23. The van der Waals surface area contributed by atoms with Gasteiger partial charge in [0.05, 0.1) is 11.0 Å². The van der Waals surface area contributed by atoms with Crippen molar-refractivity contribution in [1.29, 1.82) is 5.26 Å². The standard InChI is InChI=1S/C16H23N3O2S/c1-14(2)15-4-6-16(7-5-15)22(20,21)19-12-10-18(11-13-19)9-3-8-17/h4-7,14H,3,9-13H2,1-2H3. The van der Waals surface area contributed by atoms with Crippen LogP contribution in [0.1, 0.15) is 31.7 Å². The van der Waals surface area contributed by atoms with Gasteiger partial charge in [-0.25, -0.2) is 8.42 Å². The van der Waals surface area contributed by atoms with E-state index in [1.807, 2.05) is 12.1 Å². The van der Waals surface area contributed by atoms with E-state index in [-0.39, 0.29) is 0 Å². The minimum atomic E-state index is -3.41. The zero-order valence-electron chi connectivity index (χ0n) is 13.2. The van der Waals surface area contributed by atoms with Gasteiger partial charge in [0.15, 0.2) is 0 Å². The highest BCUT2D eigenvalue weighted by Crippen LogP contribution is 2.21. The second-order valence-electron chi connectivity index (χ2n) is 5.88. The Hall–Kier alpha value is -1.42. The maximum atomic E-state index is 12.6. The molecule has 0 radical (unpaired) electrons. The molecule has 0 aliphatic carbocycles. The lowest BCUT2D eigenvalue weighted by atomic mass is 10.0. The number of rotatable bonds is 5. The predicted octanol–water partition coefficient (Wildman–Crippen LogP) is 2.03. The number of nitriles is 1. The lowest BCUT2D eigenvalue weighted by Gasteiger charge is -2.33. The van der Waals surface area contributed by atoms with E-state index in [2.05, 4.69) is 24.8 Å². The van der Waals surface area contributed by atoms with Crippen LogP contribution in [-0.4, -0.2) is 50.3 Å². The Morgan fingerprint density at radius 2 is 1.73 bits per heavy atom. The number of nitrogens with zero attached hydrogens (tertiary/aromatic N) is 3.